The third-order valence-corrected chi connectivity index (χ3v) is 11.5. The molecule has 0 unspecified atom stereocenters. The van der Waals surface area contributed by atoms with Crippen molar-refractivity contribution in [1.29, 1.82) is 0 Å². The summed E-state index contributed by atoms with van der Waals surface area (Å²) in [6, 6.07) is 7.73. The summed E-state index contributed by atoms with van der Waals surface area (Å²) >= 11 is 7.77. The highest BCUT2D eigenvalue weighted by molar-refractivity contribution is 7.18. The Hall–Kier alpha value is -3.27. The van der Waals surface area contributed by atoms with Crippen LogP contribution in [0, 0.1) is 19.8 Å². The number of benzene rings is 1. The van der Waals surface area contributed by atoms with Gasteiger partial charge in [0.05, 0.1) is 28.0 Å². The van der Waals surface area contributed by atoms with Crippen LogP contribution in [0.5, 0.6) is 5.75 Å². The van der Waals surface area contributed by atoms with Crippen molar-refractivity contribution in [2.24, 2.45) is 5.92 Å². The molecule has 44 heavy (non-hydrogen) atoms. The fourth-order valence-electron chi connectivity index (χ4n) is 7.46. The Labute approximate surface area is 265 Å². The van der Waals surface area contributed by atoms with Crippen LogP contribution in [0.4, 0.5) is 0 Å². The van der Waals surface area contributed by atoms with E-state index in [4.69, 9.17) is 21.3 Å². The standard InChI is InChI=1S/C34H37ClN4O4S/c1-19-15-25(31-30(36-19)27(18-44-31)33(41)42)24-16-22(35)7-10-29(24)43-14-13-39-20(2)37-28-9-8-23(17-26(28)32(39)40)38(3)34(11-12-34)21-5-4-6-21/h7,10,15-16,18,21,23H,4-6,8-9,11-14,17H2,1-3H3,(H,41,42)/t23-/m1/s1. The van der Waals surface area contributed by atoms with E-state index in [-0.39, 0.29) is 17.7 Å². The second-order valence-electron chi connectivity index (χ2n) is 12.7. The zero-order valence-corrected chi connectivity index (χ0v) is 26.9. The molecule has 4 aromatic rings. The van der Waals surface area contributed by atoms with Crippen LogP contribution >= 0.6 is 22.9 Å². The molecule has 10 heteroatoms. The smallest absolute Gasteiger partial charge is 0.338 e. The van der Waals surface area contributed by atoms with E-state index in [1.54, 1.807) is 16.0 Å². The second kappa shape index (κ2) is 11.3. The Balaban J connectivity index is 1.12. The Morgan fingerprint density at radius 2 is 1.98 bits per heavy atom. The van der Waals surface area contributed by atoms with Gasteiger partial charge < -0.3 is 9.84 Å². The molecule has 1 aromatic carbocycles. The molecular formula is C34H37ClN4O4S. The molecule has 3 aromatic heterocycles. The van der Waals surface area contributed by atoms with Gasteiger partial charge in [0.1, 0.15) is 18.2 Å². The normalized spacial score (nSPS) is 19.2. The highest BCUT2D eigenvalue weighted by Gasteiger charge is 2.55. The van der Waals surface area contributed by atoms with Crippen LogP contribution in [0.25, 0.3) is 21.3 Å². The average Bonchev–Trinajstić information content (AvgIpc) is 3.63. The van der Waals surface area contributed by atoms with Crippen LogP contribution in [0.3, 0.4) is 0 Å². The van der Waals surface area contributed by atoms with Crippen molar-refractivity contribution in [3.8, 4) is 16.9 Å². The average molecular weight is 633 g/mol. The monoisotopic (exact) mass is 632 g/mol. The van der Waals surface area contributed by atoms with Crippen molar-refractivity contribution in [2.45, 2.75) is 83.3 Å². The van der Waals surface area contributed by atoms with Gasteiger partial charge >= 0.3 is 5.97 Å². The summed E-state index contributed by atoms with van der Waals surface area (Å²) in [4.78, 5) is 37.7. The summed E-state index contributed by atoms with van der Waals surface area (Å²) in [7, 11) is 2.29. The highest BCUT2D eigenvalue weighted by Crippen LogP contribution is 2.55. The molecule has 0 radical (unpaired) electrons. The molecular weight excluding hydrogens is 596 g/mol. The maximum Gasteiger partial charge on any atom is 0.338 e. The molecule has 0 amide bonds. The van der Waals surface area contributed by atoms with E-state index < -0.39 is 5.97 Å². The molecule has 0 spiro atoms. The van der Waals surface area contributed by atoms with Crippen LogP contribution in [0.2, 0.25) is 5.02 Å². The van der Waals surface area contributed by atoms with Gasteiger partial charge in [-0.05, 0) is 96.0 Å². The minimum Gasteiger partial charge on any atom is -0.491 e. The number of aryl methyl sites for hydroxylation is 3. The largest absolute Gasteiger partial charge is 0.491 e. The predicted octanol–water partition coefficient (Wildman–Crippen LogP) is 6.69. The number of rotatable bonds is 9. The zero-order chi connectivity index (χ0) is 30.7. The molecule has 2 fully saturated rings. The molecule has 3 heterocycles. The zero-order valence-electron chi connectivity index (χ0n) is 25.4. The summed E-state index contributed by atoms with van der Waals surface area (Å²) in [5.74, 6) is 1.13. The highest BCUT2D eigenvalue weighted by atomic mass is 35.5. The number of hydrogen-bond donors (Lipinski definition) is 1. The summed E-state index contributed by atoms with van der Waals surface area (Å²) in [5.41, 5.74) is 5.12. The number of hydrogen-bond acceptors (Lipinski definition) is 7. The first-order valence-corrected chi connectivity index (χ1v) is 16.8. The number of carboxylic acid groups (broad SMARTS) is 1. The van der Waals surface area contributed by atoms with Gasteiger partial charge in [0.25, 0.3) is 5.56 Å². The lowest BCUT2D eigenvalue weighted by Gasteiger charge is -2.45. The Morgan fingerprint density at radius 1 is 1.18 bits per heavy atom. The van der Waals surface area contributed by atoms with E-state index in [1.165, 1.54) is 43.4 Å². The number of thiophene rings is 1. The first kappa shape index (κ1) is 29.4. The van der Waals surface area contributed by atoms with E-state index in [0.29, 0.717) is 45.9 Å². The summed E-state index contributed by atoms with van der Waals surface area (Å²) in [6.45, 7) is 4.38. The first-order valence-electron chi connectivity index (χ1n) is 15.5. The predicted molar refractivity (Wildman–Crippen MR) is 173 cm³/mol. The number of aromatic nitrogens is 3. The van der Waals surface area contributed by atoms with E-state index in [9.17, 15) is 14.7 Å². The molecule has 0 bridgehead atoms. The van der Waals surface area contributed by atoms with Crippen LogP contribution < -0.4 is 10.3 Å². The van der Waals surface area contributed by atoms with E-state index in [2.05, 4.69) is 16.9 Å². The number of ether oxygens (including phenoxy) is 1. The molecule has 8 nitrogen and oxygen atoms in total. The summed E-state index contributed by atoms with van der Waals surface area (Å²) in [6.07, 6.45) is 9.27. The topological polar surface area (TPSA) is 97.6 Å². The number of pyridine rings is 1. The van der Waals surface area contributed by atoms with E-state index >= 15 is 0 Å². The van der Waals surface area contributed by atoms with E-state index in [1.807, 2.05) is 32.0 Å². The lowest BCUT2D eigenvalue weighted by molar-refractivity contribution is 0.0561. The first-order chi connectivity index (χ1) is 21.2. The maximum atomic E-state index is 13.9. The fraction of sp³-hybridized carbons (Fsp3) is 0.471. The second-order valence-corrected chi connectivity index (χ2v) is 14.0. The third kappa shape index (κ3) is 5.03. The van der Waals surface area contributed by atoms with Gasteiger partial charge in [-0.25, -0.2) is 9.78 Å². The molecule has 7 rings (SSSR count). The van der Waals surface area contributed by atoms with Crippen molar-refractivity contribution in [3.63, 3.8) is 0 Å². The molecule has 230 valence electrons. The molecule has 0 saturated heterocycles. The van der Waals surface area contributed by atoms with Crippen molar-refractivity contribution in [3.05, 3.63) is 73.4 Å². The molecule has 3 aliphatic carbocycles. The number of nitrogens with zero attached hydrogens (tertiary/aromatic N) is 4. The van der Waals surface area contributed by atoms with Gasteiger partial charge in [0.2, 0.25) is 0 Å². The number of aromatic carboxylic acids is 1. The molecule has 3 aliphatic rings. The van der Waals surface area contributed by atoms with Crippen molar-refractivity contribution in [1.82, 2.24) is 19.4 Å². The molecule has 0 aliphatic heterocycles. The van der Waals surface area contributed by atoms with Crippen LogP contribution in [-0.2, 0) is 19.4 Å². The number of carbonyl (C=O) groups is 1. The Morgan fingerprint density at radius 3 is 2.68 bits per heavy atom. The number of halogens is 1. The van der Waals surface area contributed by atoms with Gasteiger partial charge in [-0.15, -0.1) is 11.3 Å². The third-order valence-electron chi connectivity index (χ3n) is 10.3. The van der Waals surface area contributed by atoms with Gasteiger partial charge in [0, 0.05) is 44.4 Å². The minimum atomic E-state index is -1.01. The Kier molecular flexibility index (Phi) is 7.54. The maximum absolute atomic E-state index is 13.9. The minimum absolute atomic E-state index is 0.0465. The van der Waals surface area contributed by atoms with Crippen LogP contribution in [0.15, 0.2) is 34.4 Å². The molecule has 2 saturated carbocycles. The van der Waals surface area contributed by atoms with Crippen molar-refractivity contribution < 1.29 is 14.6 Å². The molecule has 1 atom stereocenters. The summed E-state index contributed by atoms with van der Waals surface area (Å²) in [5, 5.41) is 11.8. The number of carboxylic acids is 1. The van der Waals surface area contributed by atoms with E-state index in [0.717, 1.165) is 52.3 Å². The lowest BCUT2D eigenvalue weighted by Crippen LogP contribution is -2.51. The Bertz CT molecular complexity index is 1840. The number of fused-ring (bicyclic) bond motifs is 2. The molecule has 1 N–H and O–H groups in total. The number of likely N-dealkylation sites (N-methyl/N-ethyl adjacent to an activating group) is 1. The van der Waals surface area contributed by atoms with Crippen LogP contribution in [-0.4, -0.2) is 55.7 Å². The van der Waals surface area contributed by atoms with Crippen LogP contribution in [0.1, 0.15) is 71.7 Å². The van der Waals surface area contributed by atoms with Gasteiger partial charge in [-0.3, -0.25) is 19.2 Å². The van der Waals surface area contributed by atoms with Gasteiger partial charge in [0.15, 0.2) is 0 Å². The quantitative estimate of drug-likeness (QED) is 0.220. The van der Waals surface area contributed by atoms with Gasteiger partial charge in [-0.1, -0.05) is 18.0 Å². The SMILES string of the molecule is Cc1cc(-c2cc(Cl)ccc2OCCn2c(C)nc3c(c2=O)C[C@H](N(C)C2(C4CCC4)CC2)CC3)c2scc(C(=O)O)c2n1. The van der Waals surface area contributed by atoms with Gasteiger partial charge in [-0.2, -0.15) is 0 Å². The van der Waals surface area contributed by atoms with Crippen molar-refractivity contribution >= 4 is 39.1 Å². The van der Waals surface area contributed by atoms with Crippen molar-refractivity contribution in [2.75, 3.05) is 13.7 Å². The summed E-state index contributed by atoms with van der Waals surface area (Å²) < 4.78 is 8.83. The lowest BCUT2D eigenvalue weighted by atomic mass is 9.76. The fourth-order valence-corrected chi connectivity index (χ4v) is 8.65.